The quantitative estimate of drug-likeness (QED) is 0.764. The third kappa shape index (κ3) is 3.99. The molecule has 2 aromatic rings. The minimum absolute atomic E-state index is 0.101. The summed E-state index contributed by atoms with van der Waals surface area (Å²) in [6.45, 7) is 0.900. The van der Waals surface area contributed by atoms with E-state index < -0.39 is 17.0 Å². The molecule has 1 aliphatic rings. The van der Waals surface area contributed by atoms with Crippen molar-refractivity contribution < 1.29 is 18.3 Å². The first-order chi connectivity index (χ1) is 12.8. The summed E-state index contributed by atoms with van der Waals surface area (Å²) in [7, 11) is 3.12. The molecule has 1 aliphatic heterocycles. The van der Waals surface area contributed by atoms with Crippen LogP contribution < -0.4 is 10.2 Å². The van der Waals surface area contributed by atoms with Crippen molar-refractivity contribution in [2.45, 2.75) is 18.3 Å². The Morgan fingerprint density at radius 2 is 1.67 bits per heavy atom. The maximum atomic E-state index is 14.3. The van der Waals surface area contributed by atoms with Crippen LogP contribution in [0.15, 0.2) is 40.9 Å². The first-order valence-corrected chi connectivity index (χ1v) is 9.44. The maximum Gasteiger partial charge on any atom is 0.235 e. The van der Waals surface area contributed by atoms with Gasteiger partial charge in [-0.05, 0) is 42.7 Å². The predicted molar refractivity (Wildman–Crippen MR) is 105 cm³/mol. The number of nitrogens with zero attached hydrogens (tertiary/aromatic N) is 1. The number of carbonyl (C=O) groups is 1. The Balaban J connectivity index is 1.93. The zero-order valence-corrected chi connectivity index (χ0v) is 16.8. The van der Waals surface area contributed by atoms with E-state index in [1.165, 1.54) is 4.90 Å². The largest absolute Gasteiger partial charge is 0.381 e. The minimum Gasteiger partial charge on any atom is -0.381 e. The molecule has 2 aromatic carbocycles. The van der Waals surface area contributed by atoms with Crippen LogP contribution in [0.1, 0.15) is 18.4 Å². The SMILES string of the molecule is CN(C)c1c(F)cc(NC(=O)C2(c3ccc(Br)cc3)CCOCC2)cc1F. The number of anilines is 2. The number of hydrogen-bond acceptors (Lipinski definition) is 3. The zero-order valence-electron chi connectivity index (χ0n) is 15.2. The van der Waals surface area contributed by atoms with Crippen molar-refractivity contribution in [2.75, 3.05) is 37.5 Å². The lowest BCUT2D eigenvalue weighted by molar-refractivity contribution is -0.125. The fourth-order valence-electron chi connectivity index (χ4n) is 3.45. The van der Waals surface area contributed by atoms with Gasteiger partial charge < -0.3 is 15.0 Å². The van der Waals surface area contributed by atoms with Crippen LogP contribution in [-0.2, 0) is 14.9 Å². The van der Waals surface area contributed by atoms with Crippen molar-refractivity contribution in [1.82, 2.24) is 0 Å². The summed E-state index contributed by atoms with van der Waals surface area (Å²) in [5, 5.41) is 2.71. The Morgan fingerprint density at radius 3 is 2.19 bits per heavy atom. The van der Waals surface area contributed by atoms with Gasteiger partial charge in [-0.3, -0.25) is 4.79 Å². The average molecular weight is 439 g/mol. The van der Waals surface area contributed by atoms with Gasteiger partial charge in [0, 0.05) is 37.5 Å². The lowest BCUT2D eigenvalue weighted by Gasteiger charge is -2.36. The number of amides is 1. The van der Waals surface area contributed by atoms with Crippen LogP contribution in [0.3, 0.4) is 0 Å². The Kier molecular flexibility index (Phi) is 5.81. The smallest absolute Gasteiger partial charge is 0.235 e. The number of benzene rings is 2. The molecule has 1 amide bonds. The monoisotopic (exact) mass is 438 g/mol. The fourth-order valence-corrected chi connectivity index (χ4v) is 3.72. The second-order valence-electron chi connectivity index (χ2n) is 6.84. The topological polar surface area (TPSA) is 41.6 Å². The van der Waals surface area contributed by atoms with Crippen LogP contribution in [0.5, 0.6) is 0 Å². The molecule has 4 nitrogen and oxygen atoms in total. The number of nitrogens with one attached hydrogen (secondary N) is 1. The van der Waals surface area contributed by atoms with Gasteiger partial charge in [0.2, 0.25) is 5.91 Å². The molecule has 0 bridgehead atoms. The van der Waals surface area contributed by atoms with Crippen LogP contribution in [-0.4, -0.2) is 33.2 Å². The highest BCUT2D eigenvalue weighted by atomic mass is 79.9. The molecule has 0 spiro atoms. The van der Waals surface area contributed by atoms with Gasteiger partial charge in [-0.15, -0.1) is 0 Å². The summed E-state index contributed by atoms with van der Waals surface area (Å²) in [5.41, 5.74) is 0.0224. The molecule has 3 rings (SSSR count). The number of halogens is 3. The summed E-state index contributed by atoms with van der Waals surface area (Å²) in [6.07, 6.45) is 1.00. The number of ether oxygens (including phenoxy) is 1. The molecule has 1 saturated heterocycles. The molecule has 7 heteroatoms. The summed E-state index contributed by atoms with van der Waals surface area (Å²) >= 11 is 3.40. The standard InChI is InChI=1S/C20H21BrF2N2O2/c1-25(2)18-16(22)11-15(12-17(18)23)24-19(26)20(7-9-27-10-8-20)13-3-5-14(21)6-4-13/h3-6,11-12H,7-10H2,1-2H3,(H,24,26). The average Bonchev–Trinajstić information content (AvgIpc) is 2.62. The van der Waals surface area contributed by atoms with Gasteiger partial charge in [0.25, 0.3) is 0 Å². The van der Waals surface area contributed by atoms with Gasteiger partial charge in [-0.2, -0.15) is 0 Å². The van der Waals surface area contributed by atoms with E-state index in [2.05, 4.69) is 21.2 Å². The Hall–Kier alpha value is -1.99. The molecule has 0 aliphatic carbocycles. The Labute approximate surface area is 165 Å². The normalized spacial score (nSPS) is 16.0. The number of carbonyl (C=O) groups excluding carboxylic acids is 1. The highest BCUT2D eigenvalue weighted by molar-refractivity contribution is 9.10. The number of rotatable bonds is 4. The van der Waals surface area contributed by atoms with E-state index in [1.807, 2.05) is 24.3 Å². The first-order valence-electron chi connectivity index (χ1n) is 8.65. The van der Waals surface area contributed by atoms with E-state index in [-0.39, 0.29) is 17.3 Å². The molecule has 1 fully saturated rings. The van der Waals surface area contributed by atoms with Crippen molar-refractivity contribution in [3.63, 3.8) is 0 Å². The summed E-state index contributed by atoms with van der Waals surface area (Å²) in [5.74, 6) is -1.73. The molecule has 0 atom stereocenters. The van der Waals surface area contributed by atoms with Gasteiger partial charge in [0.1, 0.15) is 5.69 Å². The van der Waals surface area contributed by atoms with Crippen LogP contribution in [0, 0.1) is 11.6 Å². The van der Waals surface area contributed by atoms with E-state index in [0.717, 1.165) is 22.2 Å². The molecule has 144 valence electrons. The lowest BCUT2D eigenvalue weighted by Crippen LogP contribution is -2.44. The summed E-state index contributed by atoms with van der Waals surface area (Å²) in [6, 6.07) is 9.84. The van der Waals surface area contributed by atoms with E-state index in [4.69, 9.17) is 4.74 Å². The van der Waals surface area contributed by atoms with Gasteiger partial charge in [-0.1, -0.05) is 28.1 Å². The fraction of sp³-hybridized carbons (Fsp3) is 0.350. The van der Waals surface area contributed by atoms with Gasteiger partial charge in [0.05, 0.1) is 5.41 Å². The molecule has 0 saturated carbocycles. The van der Waals surface area contributed by atoms with E-state index >= 15 is 0 Å². The predicted octanol–water partition coefficient (Wildman–Crippen LogP) is 4.48. The second kappa shape index (κ2) is 7.94. The van der Waals surface area contributed by atoms with Crippen LogP contribution in [0.25, 0.3) is 0 Å². The van der Waals surface area contributed by atoms with Crippen LogP contribution in [0.2, 0.25) is 0 Å². The van der Waals surface area contributed by atoms with E-state index in [9.17, 15) is 13.6 Å². The molecule has 1 heterocycles. The van der Waals surface area contributed by atoms with Gasteiger partial charge in [0.15, 0.2) is 11.6 Å². The third-order valence-electron chi connectivity index (χ3n) is 4.90. The van der Waals surface area contributed by atoms with Gasteiger partial charge >= 0.3 is 0 Å². The molecular formula is C20H21BrF2N2O2. The molecule has 0 aromatic heterocycles. The molecular weight excluding hydrogens is 418 g/mol. The molecule has 0 radical (unpaired) electrons. The highest BCUT2D eigenvalue weighted by Gasteiger charge is 2.41. The van der Waals surface area contributed by atoms with Crippen molar-refractivity contribution in [1.29, 1.82) is 0 Å². The van der Waals surface area contributed by atoms with Crippen molar-refractivity contribution in [2.24, 2.45) is 0 Å². The maximum absolute atomic E-state index is 14.3. The van der Waals surface area contributed by atoms with Crippen molar-refractivity contribution in [3.05, 3.63) is 58.1 Å². The van der Waals surface area contributed by atoms with E-state index in [0.29, 0.717) is 26.1 Å². The molecule has 0 unspecified atom stereocenters. The molecule has 27 heavy (non-hydrogen) atoms. The lowest BCUT2D eigenvalue weighted by atomic mass is 9.73. The Morgan fingerprint density at radius 1 is 1.11 bits per heavy atom. The van der Waals surface area contributed by atoms with E-state index in [1.54, 1.807) is 14.1 Å². The molecule has 1 N–H and O–H groups in total. The van der Waals surface area contributed by atoms with Crippen molar-refractivity contribution in [3.8, 4) is 0 Å². The second-order valence-corrected chi connectivity index (χ2v) is 7.75. The summed E-state index contributed by atoms with van der Waals surface area (Å²) in [4.78, 5) is 14.5. The minimum atomic E-state index is -0.799. The van der Waals surface area contributed by atoms with Crippen molar-refractivity contribution >= 4 is 33.2 Å². The first kappa shape index (κ1) is 19.8. The van der Waals surface area contributed by atoms with Crippen LogP contribution >= 0.6 is 15.9 Å². The zero-order chi connectivity index (χ0) is 19.6. The van der Waals surface area contributed by atoms with Gasteiger partial charge in [-0.25, -0.2) is 8.78 Å². The number of hydrogen-bond donors (Lipinski definition) is 1. The summed E-state index contributed by atoms with van der Waals surface area (Å²) < 4.78 is 34.9. The third-order valence-corrected chi connectivity index (χ3v) is 5.43. The van der Waals surface area contributed by atoms with Crippen LogP contribution in [0.4, 0.5) is 20.2 Å². The Bertz CT molecular complexity index is 811. The highest BCUT2D eigenvalue weighted by Crippen LogP contribution is 2.37.